The summed E-state index contributed by atoms with van der Waals surface area (Å²) in [4.78, 5) is 2.26. The average Bonchev–Trinajstić information content (AvgIpc) is 2.24. The molecule has 0 saturated carbocycles. The van der Waals surface area contributed by atoms with Gasteiger partial charge < -0.3 is 0 Å². The number of nitrogens with zero attached hydrogens (tertiary/aromatic N) is 1. The third-order valence-corrected chi connectivity index (χ3v) is 3.01. The summed E-state index contributed by atoms with van der Waals surface area (Å²) in [6.45, 7) is 5.73. The van der Waals surface area contributed by atoms with Crippen molar-refractivity contribution in [2.24, 2.45) is 0 Å². The van der Waals surface area contributed by atoms with Gasteiger partial charge >= 0.3 is 104 Å². The molecule has 0 fully saturated rings. The molecule has 1 nitrogen and oxygen atoms in total. The predicted octanol–water partition coefficient (Wildman–Crippen LogP) is 3.98. The van der Waals surface area contributed by atoms with Crippen LogP contribution < -0.4 is 0 Å². The smallest absolute Gasteiger partial charge is 0.0137 e. The van der Waals surface area contributed by atoms with Crippen molar-refractivity contribution in [2.45, 2.75) is 51.0 Å². The Morgan fingerprint density at radius 1 is 1.00 bits per heavy atom. The van der Waals surface area contributed by atoms with Crippen molar-refractivity contribution in [3.63, 3.8) is 0 Å². The van der Waals surface area contributed by atoms with Crippen molar-refractivity contribution in [3.8, 4) is 0 Å². The van der Waals surface area contributed by atoms with E-state index in [0.29, 0.717) is 0 Å². The fourth-order valence-electron chi connectivity index (χ4n) is 1.93. The number of unbranched alkanes of at least 4 members (excludes halogenated alkanes) is 1. The molecule has 0 aliphatic rings. The Labute approximate surface area is 118 Å². The van der Waals surface area contributed by atoms with E-state index in [1.54, 1.807) is 5.57 Å². The molecule has 0 amide bonds. The monoisotopic (exact) mass is 229 g/mol. The van der Waals surface area contributed by atoms with E-state index in [0.717, 1.165) is 0 Å². The molecule has 0 rings (SSSR count). The molecule has 0 saturated heterocycles. The van der Waals surface area contributed by atoms with Crippen LogP contribution >= 0.6 is 0 Å². The molecule has 0 spiro atoms. The van der Waals surface area contributed by atoms with Crippen molar-refractivity contribution in [2.75, 3.05) is 20.6 Å². The summed E-state index contributed by atoms with van der Waals surface area (Å²) in [6.07, 6.45) is 11.1. The predicted molar refractivity (Wildman–Crippen MR) is 79.7 cm³/mol. The zero-order valence-electron chi connectivity index (χ0n) is 12.6. The Morgan fingerprint density at radius 3 is 2.24 bits per heavy atom. The van der Waals surface area contributed by atoms with E-state index >= 15 is 0 Å². The van der Waals surface area contributed by atoms with Crippen LogP contribution in [0.15, 0.2) is 23.3 Å². The number of hydrogen-bond donors (Lipinski definition) is 0. The fraction of sp³-hybridized carbons (Fsp3) is 0.733. The normalized spacial score (nSPS) is 13.6. The van der Waals surface area contributed by atoms with Crippen LogP contribution in [0.1, 0.15) is 46.0 Å². The van der Waals surface area contributed by atoms with Crippen LogP contribution in [0.4, 0.5) is 0 Å². The van der Waals surface area contributed by atoms with Gasteiger partial charge in [0.25, 0.3) is 0 Å². The van der Waals surface area contributed by atoms with Crippen molar-refractivity contribution in [3.05, 3.63) is 23.3 Å². The van der Waals surface area contributed by atoms with Crippen LogP contribution in [-0.2, 0) is 0 Å². The average molecular weight is 229 g/mol. The molecule has 0 aromatic carbocycles. The van der Waals surface area contributed by atoms with Gasteiger partial charge in [0, 0.05) is 0 Å². The number of hydrogen-bond acceptors (Lipinski definition) is 1. The van der Waals surface area contributed by atoms with Gasteiger partial charge in [0.2, 0.25) is 0 Å². The number of allylic oxidation sites excluding steroid dienone is 4. The molecule has 2 heteroatoms. The molecular formula is C15H28LiN. The summed E-state index contributed by atoms with van der Waals surface area (Å²) in [5.74, 6) is 0. The first-order valence-corrected chi connectivity index (χ1v) is 7.02. The summed E-state index contributed by atoms with van der Waals surface area (Å²) < 4.78 is 0. The maximum atomic E-state index is 2.42. The Hall–Kier alpha value is 0.0374. The zero-order valence-corrected chi connectivity index (χ0v) is 12.6. The van der Waals surface area contributed by atoms with Gasteiger partial charge in [0.15, 0.2) is 0 Å². The second-order valence-corrected chi connectivity index (χ2v) is 5.31. The molecule has 0 aliphatic heterocycles. The minimum absolute atomic E-state index is 1.17. The Morgan fingerprint density at radius 2 is 1.65 bits per heavy atom. The summed E-state index contributed by atoms with van der Waals surface area (Å²) in [5, 5.41) is 1.17. The van der Waals surface area contributed by atoms with Crippen molar-refractivity contribution < 1.29 is 0 Å². The van der Waals surface area contributed by atoms with E-state index in [-0.39, 0.29) is 0 Å². The topological polar surface area (TPSA) is 3.24 Å². The molecule has 94 valence electrons. The van der Waals surface area contributed by atoms with Gasteiger partial charge in [-0.05, 0) is 14.1 Å². The quantitative estimate of drug-likeness (QED) is 0.328. The molecular weight excluding hydrogens is 201 g/mol. The second kappa shape index (κ2) is 11.1. The molecule has 0 N–H and O–H groups in total. The minimum Gasteiger partial charge on any atom is -0.0137 e. The van der Waals surface area contributed by atoms with Gasteiger partial charge in [-0.2, -0.15) is 0 Å². The van der Waals surface area contributed by atoms with E-state index in [1.807, 2.05) is 0 Å². The van der Waals surface area contributed by atoms with Gasteiger partial charge in [-0.1, -0.05) is 0 Å². The van der Waals surface area contributed by atoms with E-state index < -0.39 is 0 Å². The maximum absolute atomic E-state index is 2.42. The molecule has 0 aromatic rings. The van der Waals surface area contributed by atoms with Crippen molar-refractivity contribution in [1.29, 1.82) is 0 Å². The third kappa shape index (κ3) is 12.3. The molecule has 0 atom stereocenters. The Balaban J connectivity index is 3.61. The minimum atomic E-state index is 1.17. The van der Waals surface area contributed by atoms with Crippen LogP contribution in [-0.4, -0.2) is 43.3 Å². The van der Waals surface area contributed by atoms with Gasteiger partial charge in [0.1, 0.15) is 0 Å². The first kappa shape index (κ1) is 17.0. The van der Waals surface area contributed by atoms with E-state index in [1.165, 1.54) is 49.3 Å². The summed E-state index contributed by atoms with van der Waals surface area (Å²) in [6, 6.07) is 0. The van der Waals surface area contributed by atoms with Gasteiger partial charge in [-0.3, -0.25) is 0 Å². The van der Waals surface area contributed by atoms with Gasteiger partial charge in [-0.25, -0.2) is 0 Å². The standard InChI is InChI=1S/C15H28N.Li/c1-6-14(2)11-9-12-15(3)10-7-8-13-16(4)5;/h6,12H,1,7-11,13H2,2-5H3;/b14-6+,15-12+;. The van der Waals surface area contributed by atoms with Crippen molar-refractivity contribution in [1.82, 2.24) is 4.90 Å². The van der Waals surface area contributed by atoms with E-state index in [9.17, 15) is 0 Å². The van der Waals surface area contributed by atoms with Crippen LogP contribution in [0, 0.1) is 0 Å². The Kier molecular flexibility index (Phi) is 11.2. The summed E-state index contributed by atoms with van der Waals surface area (Å²) >= 11 is 2.20. The zero-order chi connectivity index (χ0) is 13.1. The number of rotatable bonds is 9. The summed E-state index contributed by atoms with van der Waals surface area (Å²) in [5.41, 5.74) is 3.09. The second-order valence-electron chi connectivity index (χ2n) is 5.31. The molecule has 0 aromatic heterocycles. The third-order valence-electron chi connectivity index (χ3n) is 3.01. The first-order valence-electron chi connectivity index (χ1n) is 7.02. The molecule has 0 unspecified atom stereocenters. The Bertz CT molecular complexity index is 241. The van der Waals surface area contributed by atoms with Gasteiger partial charge in [0.05, 0.1) is 0 Å². The van der Waals surface area contributed by atoms with Crippen molar-refractivity contribution >= 4 is 17.7 Å². The van der Waals surface area contributed by atoms with Crippen LogP contribution in [0.3, 0.4) is 0 Å². The molecule has 0 aliphatic carbocycles. The molecule has 0 bridgehead atoms. The summed E-state index contributed by atoms with van der Waals surface area (Å²) in [7, 11) is 4.29. The van der Waals surface area contributed by atoms with E-state index in [4.69, 9.17) is 0 Å². The SMILES string of the molecule is [Li][CH2]/C=C(\C)CC/C=C(\C)CCCCN(C)C. The molecule has 17 heavy (non-hydrogen) atoms. The van der Waals surface area contributed by atoms with E-state index in [2.05, 4.69) is 62.7 Å². The molecule has 0 heterocycles. The van der Waals surface area contributed by atoms with Crippen LogP contribution in [0.5, 0.6) is 0 Å². The molecule has 0 radical (unpaired) electrons. The van der Waals surface area contributed by atoms with Crippen LogP contribution in [0.2, 0.25) is 5.09 Å². The fourth-order valence-corrected chi connectivity index (χ4v) is 1.93. The first-order chi connectivity index (χ1) is 8.06. The van der Waals surface area contributed by atoms with Gasteiger partial charge in [-0.15, -0.1) is 0 Å². The van der Waals surface area contributed by atoms with Crippen LogP contribution in [0.25, 0.3) is 0 Å².